The molecule has 1 aromatic rings. The monoisotopic (exact) mass is 175 g/mol. The molecule has 2 N–H and O–H groups in total. The standard InChI is InChI=1S/C6H9NOS2/c1-4-3-5(10(2)8)9-6(4)7/h3H,7H2,1-2H3. The van der Waals surface area contributed by atoms with Crippen LogP contribution >= 0.6 is 11.3 Å². The third-order valence-corrected chi connectivity index (χ3v) is 3.72. The summed E-state index contributed by atoms with van der Waals surface area (Å²) in [6, 6.07) is 1.87. The van der Waals surface area contributed by atoms with Gasteiger partial charge in [0.05, 0.1) is 20.0 Å². The highest BCUT2D eigenvalue weighted by Gasteiger charge is 2.03. The summed E-state index contributed by atoms with van der Waals surface area (Å²) in [7, 11) is -0.880. The second kappa shape index (κ2) is 2.72. The maximum absolute atomic E-state index is 10.9. The van der Waals surface area contributed by atoms with Gasteiger partial charge in [0.25, 0.3) is 0 Å². The molecule has 0 radical (unpaired) electrons. The zero-order chi connectivity index (χ0) is 7.72. The van der Waals surface area contributed by atoms with E-state index in [-0.39, 0.29) is 0 Å². The molecule has 1 heterocycles. The van der Waals surface area contributed by atoms with Gasteiger partial charge in [0, 0.05) is 6.26 Å². The topological polar surface area (TPSA) is 43.1 Å². The molecular weight excluding hydrogens is 166 g/mol. The fourth-order valence-electron chi connectivity index (χ4n) is 0.608. The summed E-state index contributed by atoms with van der Waals surface area (Å²) in [4.78, 5) is 0. The molecule has 0 aliphatic carbocycles. The highest BCUT2D eigenvalue weighted by Crippen LogP contribution is 2.25. The zero-order valence-corrected chi connectivity index (χ0v) is 7.51. The molecule has 1 aromatic heterocycles. The fourth-order valence-corrected chi connectivity index (χ4v) is 2.36. The lowest BCUT2D eigenvalue weighted by molar-refractivity contribution is 0.688. The Bertz CT molecular complexity index is 247. The first kappa shape index (κ1) is 7.75. The van der Waals surface area contributed by atoms with Gasteiger partial charge in [0.2, 0.25) is 0 Å². The number of hydrogen-bond donors (Lipinski definition) is 1. The summed E-state index contributed by atoms with van der Waals surface area (Å²) in [5.74, 6) is 0. The lowest BCUT2D eigenvalue weighted by Gasteiger charge is -1.82. The van der Waals surface area contributed by atoms with Crippen LogP contribution in [0.1, 0.15) is 5.56 Å². The van der Waals surface area contributed by atoms with Crippen LogP contribution in [0.25, 0.3) is 0 Å². The van der Waals surface area contributed by atoms with Crippen LogP contribution in [0.4, 0.5) is 5.00 Å². The number of rotatable bonds is 1. The summed E-state index contributed by atoms with van der Waals surface area (Å²) >= 11 is 1.40. The van der Waals surface area contributed by atoms with Crippen molar-refractivity contribution in [2.24, 2.45) is 0 Å². The van der Waals surface area contributed by atoms with Crippen molar-refractivity contribution < 1.29 is 4.21 Å². The first-order chi connectivity index (χ1) is 4.61. The van der Waals surface area contributed by atoms with Crippen molar-refractivity contribution in [3.63, 3.8) is 0 Å². The minimum Gasteiger partial charge on any atom is -0.390 e. The minimum atomic E-state index is -0.880. The van der Waals surface area contributed by atoms with E-state index in [0.29, 0.717) is 0 Å². The Kier molecular flexibility index (Phi) is 2.11. The van der Waals surface area contributed by atoms with Gasteiger partial charge in [0.15, 0.2) is 0 Å². The number of hydrogen-bond acceptors (Lipinski definition) is 3. The summed E-state index contributed by atoms with van der Waals surface area (Å²) in [6.45, 7) is 1.92. The van der Waals surface area contributed by atoms with Crippen LogP contribution in [0.3, 0.4) is 0 Å². The molecule has 2 nitrogen and oxygen atoms in total. The lowest BCUT2D eigenvalue weighted by atomic mass is 10.4. The fraction of sp³-hybridized carbons (Fsp3) is 0.333. The smallest absolute Gasteiger partial charge is 0.0932 e. The van der Waals surface area contributed by atoms with E-state index in [0.717, 1.165) is 14.8 Å². The Morgan fingerprint density at radius 1 is 1.70 bits per heavy atom. The predicted octanol–water partition coefficient (Wildman–Crippen LogP) is 1.38. The average molecular weight is 175 g/mol. The Balaban J connectivity index is 3.10. The first-order valence-electron chi connectivity index (χ1n) is 2.80. The van der Waals surface area contributed by atoms with E-state index in [1.54, 1.807) is 6.26 Å². The molecule has 0 spiro atoms. The molecule has 0 amide bonds. The molecule has 56 valence electrons. The second-order valence-electron chi connectivity index (χ2n) is 2.07. The van der Waals surface area contributed by atoms with Crippen molar-refractivity contribution in [2.75, 3.05) is 12.0 Å². The SMILES string of the molecule is Cc1cc(S(C)=O)sc1N. The van der Waals surface area contributed by atoms with Crippen LogP contribution in [-0.2, 0) is 10.8 Å². The number of aryl methyl sites for hydroxylation is 1. The first-order valence-corrected chi connectivity index (χ1v) is 5.18. The second-order valence-corrected chi connectivity index (χ2v) is 4.76. The van der Waals surface area contributed by atoms with Crippen molar-refractivity contribution in [3.8, 4) is 0 Å². The van der Waals surface area contributed by atoms with Crippen molar-refractivity contribution >= 4 is 27.1 Å². The molecule has 0 saturated carbocycles. The predicted molar refractivity (Wildman–Crippen MR) is 45.8 cm³/mol. The van der Waals surface area contributed by atoms with Gasteiger partial charge in [-0.25, -0.2) is 0 Å². The molecule has 0 fully saturated rings. The van der Waals surface area contributed by atoms with Gasteiger partial charge in [-0.15, -0.1) is 11.3 Å². The third kappa shape index (κ3) is 1.38. The Hall–Kier alpha value is -0.350. The Morgan fingerprint density at radius 3 is 2.50 bits per heavy atom. The van der Waals surface area contributed by atoms with Crippen molar-refractivity contribution in [1.29, 1.82) is 0 Å². The molecule has 0 aliphatic rings. The van der Waals surface area contributed by atoms with Gasteiger partial charge < -0.3 is 5.73 Å². The van der Waals surface area contributed by atoms with Gasteiger partial charge in [-0.2, -0.15) is 0 Å². The normalized spacial score (nSPS) is 13.4. The highest BCUT2D eigenvalue weighted by atomic mass is 32.2. The number of nitrogens with two attached hydrogens (primary N) is 1. The van der Waals surface area contributed by atoms with Crippen molar-refractivity contribution in [3.05, 3.63) is 11.6 Å². The van der Waals surface area contributed by atoms with E-state index in [4.69, 9.17) is 5.73 Å². The van der Waals surface area contributed by atoms with Crippen LogP contribution in [0.2, 0.25) is 0 Å². The number of anilines is 1. The third-order valence-electron chi connectivity index (χ3n) is 1.22. The minimum absolute atomic E-state index is 0.769. The van der Waals surface area contributed by atoms with Crippen LogP contribution in [-0.4, -0.2) is 10.5 Å². The van der Waals surface area contributed by atoms with Crippen molar-refractivity contribution in [2.45, 2.75) is 11.1 Å². The molecule has 4 heteroatoms. The molecule has 10 heavy (non-hydrogen) atoms. The Morgan fingerprint density at radius 2 is 2.30 bits per heavy atom. The highest BCUT2D eigenvalue weighted by molar-refractivity contribution is 7.86. The largest absolute Gasteiger partial charge is 0.390 e. The van der Waals surface area contributed by atoms with Gasteiger partial charge in [-0.05, 0) is 18.6 Å². The zero-order valence-electron chi connectivity index (χ0n) is 5.88. The molecule has 0 saturated heterocycles. The van der Waals surface area contributed by atoms with Crippen LogP contribution in [0, 0.1) is 6.92 Å². The van der Waals surface area contributed by atoms with E-state index in [1.807, 2.05) is 13.0 Å². The summed E-state index contributed by atoms with van der Waals surface area (Å²) < 4.78 is 11.7. The van der Waals surface area contributed by atoms with Crippen molar-refractivity contribution in [1.82, 2.24) is 0 Å². The average Bonchev–Trinajstić information content (AvgIpc) is 2.13. The van der Waals surface area contributed by atoms with E-state index in [2.05, 4.69) is 0 Å². The summed E-state index contributed by atoms with van der Waals surface area (Å²) in [5, 5.41) is 0.769. The molecule has 1 atom stereocenters. The summed E-state index contributed by atoms with van der Waals surface area (Å²) in [5.41, 5.74) is 6.59. The molecule has 0 aliphatic heterocycles. The van der Waals surface area contributed by atoms with Gasteiger partial charge in [0.1, 0.15) is 0 Å². The lowest BCUT2D eigenvalue weighted by Crippen LogP contribution is -1.79. The maximum Gasteiger partial charge on any atom is 0.0932 e. The van der Waals surface area contributed by atoms with Crippen LogP contribution < -0.4 is 5.73 Å². The molecule has 0 aromatic carbocycles. The Labute approximate surface area is 66.5 Å². The molecule has 1 unspecified atom stereocenters. The number of nitrogen functional groups attached to an aromatic ring is 1. The van der Waals surface area contributed by atoms with Gasteiger partial charge in [-0.1, -0.05) is 0 Å². The van der Waals surface area contributed by atoms with Gasteiger partial charge in [-0.3, -0.25) is 4.21 Å². The molecule has 0 bridgehead atoms. The van der Waals surface area contributed by atoms with E-state index >= 15 is 0 Å². The van der Waals surface area contributed by atoms with Gasteiger partial charge >= 0.3 is 0 Å². The van der Waals surface area contributed by atoms with E-state index in [9.17, 15) is 4.21 Å². The number of thiophene rings is 1. The quantitative estimate of drug-likeness (QED) is 0.700. The maximum atomic E-state index is 10.9. The van der Waals surface area contributed by atoms with E-state index < -0.39 is 10.8 Å². The summed E-state index contributed by atoms with van der Waals surface area (Å²) in [6.07, 6.45) is 1.66. The van der Waals surface area contributed by atoms with Crippen LogP contribution in [0.5, 0.6) is 0 Å². The van der Waals surface area contributed by atoms with E-state index in [1.165, 1.54) is 11.3 Å². The molecule has 1 rings (SSSR count). The molecular formula is C6H9NOS2. The van der Waals surface area contributed by atoms with Crippen LogP contribution in [0.15, 0.2) is 10.3 Å².